The molecule has 1 amide bonds. The van der Waals surface area contributed by atoms with Gasteiger partial charge in [0.15, 0.2) is 0 Å². The second-order valence-corrected chi connectivity index (χ2v) is 6.98. The van der Waals surface area contributed by atoms with Gasteiger partial charge < -0.3 is 10.6 Å². The number of hydrogen-bond acceptors (Lipinski definition) is 4. The lowest BCUT2D eigenvalue weighted by Gasteiger charge is -2.27. The summed E-state index contributed by atoms with van der Waals surface area (Å²) in [4.78, 5) is 18.3. The van der Waals surface area contributed by atoms with Gasteiger partial charge in [0.05, 0.1) is 6.04 Å². The summed E-state index contributed by atoms with van der Waals surface area (Å²) in [5, 5.41) is 2.12. The van der Waals surface area contributed by atoms with Gasteiger partial charge in [-0.1, -0.05) is 26.3 Å². The van der Waals surface area contributed by atoms with E-state index in [0.29, 0.717) is 0 Å². The van der Waals surface area contributed by atoms with Crippen molar-refractivity contribution in [1.82, 2.24) is 9.80 Å². The zero-order valence-electron chi connectivity index (χ0n) is 13.1. The average molecular weight is 309 g/mol. The maximum absolute atomic E-state index is 12.5. The van der Waals surface area contributed by atoms with Crippen LogP contribution in [0, 0.1) is 5.92 Å². The van der Waals surface area contributed by atoms with Crippen LogP contribution < -0.4 is 5.73 Å². The number of nitrogens with two attached hydrogens (primary N) is 1. The van der Waals surface area contributed by atoms with Gasteiger partial charge in [-0.15, -0.1) is 11.3 Å². The summed E-state index contributed by atoms with van der Waals surface area (Å²) in [6, 6.07) is 3.93. The second kappa shape index (κ2) is 7.92. The fraction of sp³-hybridized carbons (Fsp3) is 0.688. The van der Waals surface area contributed by atoms with Crippen molar-refractivity contribution in [2.24, 2.45) is 11.7 Å². The van der Waals surface area contributed by atoms with Gasteiger partial charge in [-0.3, -0.25) is 9.69 Å². The number of carbonyl (C=O) groups excluding carboxylic acids is 1. The quantitative estimate of drug-likeness (QED) is 0.907. The van der Waals surface area contributed by atoms with E-state index < -0.39 is 0 Å². The zero-order valence-corrected chi connectivity index (χ0v) is 13.9. The molecule has 0 unspecified atom stereocenters. The first-order valence-electron chi connectivity index (χ1n) is 7.91. The van der Waals surface area contributed by atoms with Crippen LogP contribution in [0.15, 0.2) is 17.5 Å². The number of thiophene rings is 1. The molecular weight excluding hydrogens is 282 g/mol. The molecular formula is C16H27N3OS. The smallest absolute Gasteiger partial charge is 0.239 e. The van der Waals surface area contributed by atoms with Gasteiger partial charge in [-0.25, -0.2) is 0 Å². The minimum absolute atomic E-state index is 0.127. The summed E-state index contributed by atoms with van der Waals surface area (Å²) in [5.74, 6) is 0.380. The van der Waals surface area contributed by atoms with Crippen LogP contribution >= 0.6 is 11.3 Å². The molecule has 2 N–H and O–H groups in total. The molecule has 1 saturated heterocycles. The normalized spacial score (nSPS) is 20.0. The highest BCUT2D eigenvalue weighted by molar-refractivity contribution is 7.09. The van der Waals surface area contributed by atoms with Crippen molar-refractivity contribution in [2.75, 3.05) is 26.2 Å². The van der Waals surface area contributed by atoms with E-state index in [2.05, 4.69) is 36.3 Å². The van der Waals surface area contributed by atoms with Crippen molar-refractivity contribution in [1.29, 1.82) is 0 Å². The molecule has 1 fully saturated rings. The molecule has 0 radical (unpaired) electrons. The highest BCUT2D eigenvalue weighted by atomic mass is 32.1. The van der Waals surface area contributed by atoms with Crippen LogP contribution in [0.25, 0.3) is 0 Å². The molecule has 21 heavy (non-hydrogen) atoms. The summed E-state index contributed by atoms with van der Waals surface area (Å²) >= 11 is 1.80. The Morgan fingerprint density at radius 2 is 2.19 bits per heavy atom. The molecule has 0 saturated carbocycles. The lowest BCUT2D eigenvalue weighted by molar-refractivity contribution is -0.133. The maximum atomic E-state index is 12.5. The Hall–Kier alpha value is -0.910. The van der Waals surface area contributed by atoms with Gasteiger partial charge in [-0.2, -0.15) is 0 Å². The topological polar surface area (TPSA) is 49.6 Å². The SMILES string of the molecule is CC[C@H](C)[C@H](N)C(=O)N1CCCN(Cc2cccs2)CC1. The standard InChI is InChI=1S/C16H27N3OS/c1-3-13(2)15(17)16(20)19-8-5-7-18(9-10-19)12-14-6-4-11-21-14/h4,6,11,13,15H,3,5,7-10,12,17H2,1-2H3/t13-,15-/m0/s1. The number of nitrogens with zero attached hydrogens (tertiary/aromatic N) is 2. The molecule has 2 atom stereocenters. The van der Waals surface area contributed by atoms with Gasteiger partial charge in [0.25, 0.3) is 0 Å². The maximum Gasteiger partial charge on any atom is 0.239 e. The van der Waals surface area contributed by atoms with E-state index in [1.54, 1.807) is 11.3 Å². The predicted octanol–water partition coefficient (Wildman–Crippen LogP) is 2.16. The summed E-state index contributed by atoms with van der Waals surface area (Å²) < 4.78 is 0. The minimum atomic E-state index is -0.348. The molecule has 2 heterocycles. The first-order chi connectivity index (χ1) is 10.1. The van der Waals surface area contributed by atoms with E-state index in [0.717, 1.165) is 45.6 Å². The minimum Gasteiger partial charge on any atom is -0.340 e. The van der Waals surface area contributed by atoms with E-state index in [1.807, 2.05) is 4.90 Å². The van der Waals surface area contributed by atoms with Gasteiger partial charge in [0.1, 0.15) is 0 Å². The van der Waals surface area contributed by atoms with E-state index in [-0.39, 0.29) is 17.9 Å². The summed E-state index contributed by atoms with van der Waals surface area (Å²) in [6.07, 6.45) is 1.98. The predicted molar refractivity (Wildman–Crippen MR) is 88.2 cm³/mol. The Bertz CT molecular complexity index is 435. The zero-order chi connectivity index (χ0) is 15.2. The van der Waals surface area contributed by atoms with Gasteiger partial charge in [0.2, 0.25) is 5.91 Å². The molecule has 2 rings (SSSR count). The molecule has 1 aliphatic heterocycles. The molecule has 5 heteroatoms. The van der Waals surface area contributed by atoms with Crippen LogP contribution in [-0.4, -0.2) is 47.9 Å². The Morgan fingerprint density at radius 1 is 1.38 bits per heavy atom. The third-order valence-corrected chi connectivity index (χ3v) is 5.26. The lowest BCUT2D eigenvalue weighted by atomic mass is 9.99. The molecule has 1 aromatic heterocycles. The molecule has 118 valence electrons. The van der Waals surface area contributed by atoms with Gasteiger partial charge in [-0.05, 0) is 23.8 Å². The Kier molecular flexibility index (Phi) is 6.21. The Morgan fingerprint density at radius 3 is 2.86 bits per heavy atom. The monoisotopic (exact) mass is 309 g/mol. The number of rotatable bonds is 5. The first-order valence-corrected chi connectivity index (χ1v) is 8.79. The fourth-order valence-electron chi connectivity index (χ4n) is 2.68. The van der Waals surface area contributed by atoms with Crippen molar-refractivity contribution in [3.8, 4) is 0 Å². The third-order valence-electron chi connectivity index (χ3n) is 4.40. The van der Waals surface area contributed by atoms with Crippen molar-refractivity contribution in [2.45, 2.75) is 39.3 Å². The van der Waals surface area contributed by atoms with Crippen LogP contribution in [0.5, 0.6) is 0 Å². The van der Waals surface area contributed by atoms with Gasteiger partial charge >= 0.3 is 0 Å². The Labute approximate surface area is 131 Å². The first kappa shape index (κ1) is 16.5. The summed E-state index contributed by atoms with van der Waals surface area (Å²) in [5.41, 5.74) is 6.09. The van der Waals surface area contributed by atoms with Crippen LogP contribution in [0.1, 0.15) is 31.6 Å². The van der Waals surface area contributed by atoms with Crippen LogP contribution in [-0.2, 0) is 11.3 Å². The lowest BCUT2D eigenvalue weighted by Crippen LogP contribution is -2.48. The highest BCUT2D eigenvalue weighted by Gasteiger charge is 2.26. The molecule has 4 nitrogen and oxygen atoms in total. The van der Waals surface area contributed by atoms with Crippen LogP contribution in [0.3, 0.4) is 0 Å². The van der Waals surface area contributed by atoms with Crippen molar-refractivity contribution in [3.05, 3.63) is 22.4 Å². The molecule has 0 aromatic carbocycles. The van der Waals surface area contributed by atoms with Crippen molar-refractivity contribution >= 4 is 17.2 Å². The van der Waals surface area contributed by atoms with Crippen molar-refractivity contribution < 1.29 is 4.79 Å². The Balaban J connectivity index is 1.86. The third kappa shape index (κ3) is 4.53. The highest BCUT2D eigenvalue weighted by Crippen LogP contribution is 2.15. The number of carbonyl (C=O) groups is 1. The van der Waals surface area contributed by atoms with Gasteiger partial charge in [0, 0.05) is 37.6 Å². The van der Waals surface area contributed by atoms with Crippen molar-refractivity contribution in [3.63, 3.8) is 0 Å². The van der Waals surface area contributed by atoms with Crippen LogP contribution in [0.2, 0.25) is 0 Å². The average Bonchev–Trinajstić information content (AvgIpc) is 2.89. The van der Waals surface area contributed by atoms with E-state index in [4.69, 9.17) is 5.73 Å². The molecule has 0 aliphatic carbocycles. The van der Waals surface area contributed by atoms with E-state index in [1.165, 1.54) is 4.88 Å². The number of amides is 1. The summed E-state index contributed by atoms with van der Waals surface area (Å²) in [7, 11) is 0. The molecule has 1 aromatic rings. The number of hydrogen-bond donors (Lipinski definition) is 1. The molecule has 0 bridgehead atoms. The fourth-order valence-corrected chi connectivity index (χ4v) is 3.43. The largest absolute Gasteiger partial charge is 0.340 e. The molecule has 0 spiro atoms. The van der Waals surface area contributed by atoms with E-state index >= 15 is 0 Å². The molecule has 1 aliphatic rings. The van der Waals surface area contributed by atoms with E-state index in [9.17, 15) is 4.79 Å². The second-order valence-electron chi connectivity index (χ2n) is 5.95. The van der Waals surface area contributed by atoms with Crippen LogP contribution in [0.4, 0.5) is 0 Å². The summed E-state index contributed by atoms with van der Waals surface area (Å²) in [6.45, 7) is 8.78.